The number of likely N-dealkylation sites (tertiary alicyclic amines) is 2. The molecular weight excluding hydrogens is 1350 g/mol. The van der Waals surface area contributed by atoms with Crippen LogP contribution >= 0.6 is 15.9 Å². The van der Waals surface area contributed by atoms with E-state index in [1.165, 1.54) is 34.4 Å². The predicted molar refractivity (Wildman–Crippen MR) is 400 cm³/mol. The number of amides is 3. The first-order valence-corrected chi connectivity index (χ1v) is 34.9. The van der Waals surface area contributed by atoms with Crippen LogP contribution in [0.1, 0.15) is 127 Å². The number of alkyl halides is 2. The number of nitriles is 2. The molecule has 0 spiro atoms. The van der Waals surface area contributed by atoms with Gasteiger partial charge in [0.05, 0.1) is 31.8 Å². The third-order valence-electron chi connectivity index (χ3n) is 18.0. The smallest absolute Gasteiger partial charge is 0.373 e. The molecule has 6 aromatic carbocycles. The van der Waals surface area contributed by atoms with Gasteiger partial charge in [-0.1, -0.05) is 126 Å². The summed E-state index contributed by atoms with van der Waals surface area (Å²) in [7, 11) is -1.00. The second-order valence-corrected chi connectivity index (χ2v) is 25.4. The predicted octanol–water partition coefficient (Wildman–Crippen LogP) is 12.3. The number of nitrogens with one attached hydrogen (secondary N) is 5. The second kappa shape index (κ2) is 43.0. The van der Waals surface area contributed by atoms with E-state index >= 15 is 0 Å². The molecule has 0 bridgehead atoms. The molecule has 24 heteroatoms. The first-order chi connectivity index (χ1) is 48.8. The summed E-state index contributed by atoms with van der Waals surface area (Å²) in [5, 5.41) is 39.1. The van der Waals surface area contributed by atoms with E-state index in [0.717, 1.165) is 148 Å². The normalized spacial score (nSPS) is 15.6. The monoisotopic (exact) mass is 1440 g/mol. The zero-order valence-corrected chi connectivity index (χ0v) is 61.3. The van der Waals surface area contributed by atoms with E-state index in [2.05, 4.69) is 112 Å². The molecule has 5 N–H and O–H groups in total. The maximum atomic E-state index is 13.2. The Morgan fingerprint density at radius 3 is 1.33 bits per heavy atom. The van der Waals surface area contributed by atoms with Crippen molar-refractivity contribution >= 4 is 66.4 Å². The summed E-state index contributed by atoms with van der Waals surface area (Å²) >= 11 is 3.32. The second-order valence-electron chi connectivity index (χ2n) is 24.8. The summed E-state index contributed by atoms with van der Waals surface area (Å²) in [4.78, 5) is 61.2. The molecular formula is C77H93BrFN18NaO3. The molecule has 13 rings (SSSR count). The number of rotatable bonds is 18. The van der Waals surface area contributed by atoms with Crippen LogP contribution in [-0.4, -0.2) is 163 Å². The number of hydrogen-bond donors (Lipinski definition) is 5. The zero-order valence-electron chi connectivity index (χ0n) is 58.7. The van der Waals surface area contributed by atoms with Crippen molar-refractivity contribution in [2.24, 2.45) is 17.8 Å². The van der Waals surface area contributed by atoms with Crippen LogP contribution in [0.5, 0.6) is 0 Å². The maximum Gasteiger partial charge on any atom is 1.00 e. The van der Waals surface area contributed by atoms with E-state index < -0.39 is 7.15 Å². The molecule has 3 unspecified atom stereocenters. The first-order valence-electron chi connectivity index (χ1n) is 34.5. The van der Waals surface area contributed by atoms with Gasteiger partial charge < -0.3 is 46.0 Å². The Morgan fingerprint density at radius 2 is 0.980 bits per heavy atom. The molecule has 524 valence electrons. The number of aromatic nitrogens is 7. The molecule has 21 nitrogen and oxygen atoms in total. The number of carbonyl (C=O) groups is 3. The van der Waals surface area contributed by atoms with Crippen molar-refractivity contribution in [2.45, 2.75) is 85.1 Å². The molecule has 101 heavy (non-hydrogen) atoms. The van der Waals surface area contributed by atoms with Crippen LogP contribution in [-0.2, 0) is 18.4 Å². The van der Waals surface area contributed by atoms with Crippen LogP contribution in [0, 0.1) is 40.4 Å². The molecule has 3 fully saturated rings. The average Bonchev–Trinajstić information content (AvgIpc) is 1.66. The summed E-state index contributed by atoms with van der Waals surface area (Å²) in [6.07, 6.45) is 7.04. The maximum absolute atomic E-state index is 13.2. The fraction of sp³-hybridized carbons (Fsp3) is 0.377. The molecule has 3 aliphatic rings. The molecule has 3 atom stereocenters. The summed E-state index contributed by atoms with van der Waals surface area (Å²) in [5.74, 6) is 2.42. The fourth-order valence-electron chi connectivity index (χ4n) is 13.0. The van der Waals surface area contributed by atoms with Crippen molar-refractivity contribution in [3.8, 4) is 23.5 Å². The topological polar surface area (TPSA) is 288 Å². The van der Waals surface area contributed by atoms with Gasteiger partial charge in [-0.3, -0.25) is 33.5 Å². The SMILES string of the molecule is C.CCN(CC1CCCN(Cc2ccc(-c3nn[nH]n3)cc2)C1)C(=O)c1cc2ccccc2[nH]1.CCN(CC1CCCN(Cc2ccc(C#N)cc2)C1)C(=O)c1cc2ccccc2[nH]1.CCN(CC1CCCNC1)C(=O)c1cc2ccccc2[nH]1.N#Cc1ccc(CBr)cc1.[2H]CF.[N-]=[N+]=[N-].[Na+]. The molecule has 3 amide bonds. The summed E-state index contributed by atoms with van der Waals surface area (Å²) in [6.45, 7) is 18.9. The van der Waals surface area contributed by atoms with E-state index in [1.54, 1.807) is 0 Å². The van der Waals surface area contributed by atoms with Gasteiger partial charge in [0, 0.05) is 109 Å². The third-order valence-corrected chi connectivity index (χ3v) is 18.7. The number of nitrogens with zero attached hydrogens (tertiary/aromatic N) is 13. The average molecular weight is 1440 g/mol. The Balaban J connectivity index is 0.000000218. The van der Waals surface area contributed by atoms with Gasteiger partial charge in [0.2, 0.25) is 5.82 Å². The number of halogens is 2. The molecule has 0 radical (unpaired) electrons. The molecule has 0 saturated carbocycles. The van der Waals surface area contributed by atoms with Crippen molar-refractivity contribution in [2.75, 3.05) is 85.7 Å². The van der Waals surface area contributed by atoms with Crippen molar-refractivity contribution in [1.82, 2.24) is 65.4 Å². The fourth-order valence-corrected chi connectivity index (χ4v) is 13.3. The van der Waals surface area contributed by atoms with Gasteiger partial charge in [-0.2, -0.15) is 15.7 Å². The van der Waals surface area contributed by atoms with E-state index in [9.17, 15) is 18.8 Å². The van der Waals surface area contributed by atoms with Crippen LogP contribution in [0.15, 0.2) is 164 Å². The van der Waals surface area contributed by atoms with Crippen LogP contribution in [0.2, 0.25) is 0 Å². The largest absolute Gasteiger partial charge is 1.00 e. The number of aromatic amines is 4. The van der Waals surface area contributed by atoms with Crippen molar-refractivity contribution < 1.29 is 49.7 Å². The Morgan fingerprint density at radius 1 is 0.604 bits per heavy atom. The molecule has 4 aromatic heterocycles. The van der Waals surface area contributed by atoms with Gasteiger partial charge in [-0.25, -0.2) is 0 Å². The molecule has 7 heterocycles. The number of hydrogen-bond acceptors (Lipinski definition) is 11. The zero-order chi connectivity index (χ0) is 71.0. The van der Waals surface area contributed by atoms with Gasteiger partial charge in [-0.15, -0.1) is 10.2 Å². The molecule has 3 saturated heterocycles. The number of piperidine rings is 3. The van der Waals surface area contributed by atoms with E-state index in [0.29, 0.717) is 64.9 Å². The summed E-state index contributed by atoms with van der Waals surface area (Å²) in [5.41, 5.74) is 24.6. The van der Waals surface area contributed by atoms with Crippen LogP contribution < -0.4 is 34.9 Å². The van der Waals surface area contributed by atoms with Gasteiger partial charge in [0.25, 0.3) is 17.7 Å². The standard InChI is InChI=1S/C25H29N7O.C25H28N4O.C17H23N3O.C8H6BrN.CH3F.CH4.N3.Na/c1-2-32(25(33)23-14-21-7-3-4-8-22(21)26-23)17-19-6-5-13-31(16-19)15-18-9-11-20(12-10-18)24-27-29-30-28-24;1-2-29(25(30)24-14-22-7-3-4-8-23(22)27-24)18-21-6-5-13-28(17-21)16-20-11-9-19(15-26)10-12-20;1-2-20(12-13-6-5-9-18-11-13)17(21)16-10-14-7-3-4-8-15(14)19-16;9-5-7-1-3-8(6-10)4-2-7;1-2;;1-3-2;/h3-4,7-12,14,19,26H,2,5-6,13,15-17H2,1H3,(H,27,28,29,30);3-4,7-12,14,21,27H,2,5-6,13,16-18H2,1H3;3-4,7-8,10,13,18-19H,2,5-6,9,11-12H2,1H3;1-4H,5H2;1H3;1H4;;/q;;;;;;-1;+1/i;;;;1D;;;. The van der Waals surface area contributed by atoms with Crippen LogP contribution in [0.4, 0.5) is 4.39 Å². The molecule has 3 aliphatic heterocycles. The van der Waals surface area contributed by atoms with Gasteiger partial charge in [-0.05, 0) is 186 Å². The minimum Gasteiger partial charge on any atom is -0.373 e. The van der Waals surface area contributed by atoms with Gasteiger partial charge >= 0.3 is 29.6 Å². The van der Waals surface area contributed by atoms with Gasteiger partial charge in [0.15, 0.2) is 0 Å². The molecule has 0 aliphatic carbocycles. The van der Waals surface area contributed by atoms with Gasteiger partial charge in [0.1, 0.15) is 17.1 Å². The Bertz CT molecular complexity index is 4160. The van der Waals surface area contributed by atoms with Crippen molar-refractivity contribution in [3.05, 3.63) is 225 Å². The summed E-state index contributed by atoms with van der Waals surface area (Å²) in [6, 6.07) is 57.9. The van der Waals surface area contributed by atoms with E-state index in [1.807, 2.05) is 166 Å². The van der Waals surface area contributed by atoms with Crippen LogP contribution in [0.3, 0.4) is 0 Å². The quantitative estimate of drug-likeness (QED) is 0.0177. The molecule has 10 aromatic rings. The minimum absolute atomic E-state index is 0. The number of tetrazole rings is 1. The Labute approximate surface area is 624 Å². The minimum atomic E-state index is -1.00. The van der Waals surface area contributed by atoms with E-state index in [4.69, 9.17) is 23.0 Å². The number of para-hydroxylation sites is 3. The van der Waals surface area contributed by atoms with Crippen molar-refractivity contribution in [3.63, 3.8) is 0 Å². The Kier molecular flexibility index (Phi) is 33.7. The first kappa shape index (κ1) is 79.3. The number of fused-ring (bicyclic) bond motifs is 3. The van der Waals surface area contributed by atoms with E-state index in [-0.39, 0.29) is 54.7 Å². The Hall–Kier alpha value is -9.00. The summed E-state index contributed by atoms with van der Waals surface area (Å²) < 4.78 is 15.5. The number of carbonyl (C=O) groups excluding carboxylic acids is 3. The number of benzene rings is 6. The number of H-pyrrole nitrogens is 4. The van der Waals surface area contributed by atoms with Crippen LogP contribution in [0.25, 0.3) is 60.1 Å². The third kappa shape index (κ3) is 24.1. The van der Waals surface area contributed by atoms with Crippen molar-refractivity contribution in [1.29, 1.82) is 10.5 Å².